The van der Waals surface area contributed by atoms with E-state index >= 15 is 0 Å². The van der Waals surface area contributed by atoms with Crippen molar-refractivity contribution in [1.82, 2.24) is 10.2 Å². The Hall–Kier alpha value is -2.87. The highest BCUT2D eigenvalue weighted by molar-refractivity contribution is 5.95. The molecule has 8 nitrogen and oxygen atoms in total. The average Bonchev–Trinajstić information content (AvgIpc) is 2.87. The molecule has 0 saturated carbocycles. The molecule has 0 radical (unpaired) electrons. The van der Waals surface area contributed by atoms with Crippen LogP contribution < -0.4 is 16.6 Å². The summed E-state index contributed by atoms with van der Waals surface area (Å²) in [6.07, 6.45) is 0.218. The normalized spacial score (nSPS) is 11.9. The minimum Gasteiger partial charge on any atom is -0.481 e. The number of nitrogens with two attached hydrogens (primary N) is 1. The number of nitrogens with one attached hydrogen (secondary N) is 3. The van der Waals surface area contributed by atoms with Gasteiger partial charge < -0.3 is 16.2 Å². The van der Waals surface area contributed by atoms with Gasteiger partial charge in [0.2, 0.25) is 5.91 Å². The summed E-state index contributed by atoms with van der Waals surface area (Å²) in [4.78, 5) is 34.5. The van der Waals surface area contributed by atoms with Gasteiger partial charge in [-0.1, -0.05) is 24.3 Å². The average molecular weight is 332 g/mol. The van der Waals surface area contributed by atoms with Crippen molar-refractivity contribution >= 4 is 17.6 Å². The summed E-state index contributed by atoms with van der Waals surface area (Å²) in [7, 11) is 0. The number of hydrogen-bond acceptors (Lipinski definition) is 4. The van der Waals surface area contributed by atoms with Gasteiger partial charge in [0.1, 0.15) is 5.69 Å². The summed E-state index contributed by atoms with van der Waals surface area (Å²) in [6.45, 7) is 1.96. The Bertz CT molecular complexity index is 793. The van der Waals surface area contributed by atoms with E-state index in [1.807, 2.05) is 31.2 Å². The van der Waals surface area contributed by atoms with Crippen LogP contribution in [0.4, 0.5) is 5.69 Å². The molecule has 0 aliphatic carbocycles. The van der Waals surface area contributed by atoms with Gasteiger partial charge in [-0.2, -0.15) is 0 Å². The van der Waals surface area contributed by atoms with Crippen molar-refractivity contribution in [1.29, 1.82) is 0 Å². The van der Waals surface area contributed by atoms with Gasteiger partial charge in [-0.3, -0.25) is 24.6 Å². The van der Waals surface area contributed by atoms with E-state index in [0.29, 0.717) is 12.1 Å². The molecule has 1 amide bonds. The zero-order chi connectivity index (χ0) is 17.7. The molecule has 1 heterocycles. The smallest absolute Gasteiger partial charge is 0.303 e. The first-order valence-corrected chi connectivity index (χ1v) is 7.50. The lowest BCUT2D eigenvalue weighted by Crippen LogP contribution is -2.37. The fourth-order valence-electron chi connectivity index (χ4n) is 2.28. The predicted octanol–water partition coefficient (Wildman–Crippen LogP) is 0.733. The summed E-state index contributed by atoms with van der Waals surface area (Å²) in [5, 5.41) is 16.3. The van der Waals surface area contributed by atoms with Crippen LogP contribution in [0.2, 0.25) is 0 Å². The maximum atomic E-state index is 12.1. The number of aryl methyl sites for hydroxylation is 1. The van der Waals surface area contributed by atoms with Crippen molar-refractivity contribution in [2.45, 2.75) is 32.2 Å². The van der Waals surface area contributed by atoms with Crippen LogP contribution in [0.1, 0.15) is 29.7 Å². The quantitative estimate of drug-likeness (QED) is 0.508. The molecule has 24 heavy (non-hydrogen) atoms. The van der Waals surface area contributed by atoms with Gasteiger partial charge in [-0.05, 0) is 24.5 Å². The van der Waals surface area contributed by atoms with Gasteiger partial charge in [0.15, 0.2) is 0 Å². The van der Waals surface area contributed by atoms with E-state index in [9.17, 15) is 14.4 Å². The molecule has 2 rings (SSSR count). The molecule has 1 aromatic heterocycles. The third kappa shape index (κ3) is 4.32. The van der Waals surface area contributed by atoms with E-state index in [2.05, 4.69) is 15.5 Å². The molecule has 1 atom stereocenters. The summed E-state index contributed by atoms with van der Waals surface area (Å²) >= 11 is 0. The van der Waals surface area contributed by atoms with Gasteiger partial charge in [-0.15, -0.1) is 0 Å². The number of rotatable bonds is 7. The Labute approximate surface area is 138 Å². The molecule has 0 aliphatic rings. The number of aromatic nitrogens is 2. The second kappa shape index (κ2) is 7.60. The molecule has 1 aromatic carbocycles. The number of benzene rings is 1. The second-order valence-corrected chi connectivity index (χ2v) is 5.56. The number of H-pyrrole nitrogens is 2. The lowest BCUT2D eigenvalue weighted by atomic mass is 10.0. The Balaban J connectivity index is 2.12. The molecule has 1 unspecified atom stereocenters. The largest absolute Gasteiger partial charge is 0.481 e. The number of carbonyl (C=O) groups excluding carboxylic acids is 1. The molecule has 2 aromatic rings. The number of aromatic amines is 2. The van der Waals surface area contributed by atoms with E-state index in [0.717, 1.165) is 11.1 Å². The first-order valence-electron chi connectivity index (χ1n) is 7.50. The fraction of sp³-hybridized carbons (Fsp3) is 0.312. The molecule has 0 bridgehead atoms. The van der Waals surface area contributed by atoms with Crippen LogP contribution in [0.3, 0.4) is 0 Å². The maximum Gasteiger partial charge on any atom is 0.303 e. The maximum absolute atomic E-state index is 12.1. The van der Waals surface area contributed by atoms with Crippen LogP contribution in [-0.4, -0.2) is 33.2 Å². The van der Waals surface area contributed by atoms with Crippen molar-refractivity contribution in [3.05, 3.63) is 51.4 Å². The van der Waals surface area contributed by atoms with Gasteiger partial charge in [0, 0.05) is 12.8 Å². The molecule has 6 N–H and O–H groups in total. The fourth-order valence-corrected chi connectivity index (χ4v) is 2.28. The third-order valence-corrected chi connectivity index (χ3v) is 3.74. The van der Waals surface area contributed by atoms with Crippen LogP contribution in [0.15, 0.2) is 29.1 Å². The summed E-state index contributed by atoms with van der Waals surface area (Å²) in [6, 6.07) is 6.71. The van der Waals surface area contributed by atoms with E-state index in [4.69, 9.17) is 10.8 Å². The van der Waals surface area contributed by atoms with Crippen molar-refractivity contribution in [3.8, 4) is 0 Å². The summed E-state index contributed by atoms with van der Waals surface area (Å²) in [5.41, 5.74) is 7.92. The lowest BCUT2D eigenvalue weighted by Gasteiger charge is -2.11. The molecule has 0 spiro atoms. The first-order chi connectivity index (χ1) is 11.4. The Morgan fingerprint density at radius 3 is 2.67 bits per heavy atom. The van der Waals surface area contributed by atoms with Gasteiger partial charge in [-0.25, -0.2) is 0 Å². The van der Waals surface area contributed by atoms with Crippen molar-refractivity contribution in [2.24, 2.45) is 5.73 Å². The number of anilines is 1. The highest BCUT2D eigenvalue weighted by Gasteiger charge is 2.19. The number of aliphatic carboxylic acids is 1. The molecule has 0 saturated heterocycles. The van der Waals surface area contributed by atoms with Gasteiger partial charge >= 0.3 is 5.97 Å². The second-order valence-electron chi connectivity index (χ2n) is 5.56. The molecular formula is C16H20N4O4. The van der Waals surface area contributed by atoms with Crippen molar-refractivity contribution in [3.63, 3.8) is 0 Å². The zero-order valence-electron chi connectivity index (χ0n) is 13.3. The third-order valence-electron chi connectivity index (χ3n) is 3.74. The Kier molecular flexibility index (Phi) is 5.54. The summed E-state index contributed by atoms with van der Waals surface area (Å²) < 4.78 is 0. The SMILES string of the molecule is Cc1ccccc1Cc1[nH][nH]c(=O)c1NC(=O)C(N)CCC(=O)O. The van der Waals surface area contributed by atoms with Gasteiger partial charge in [0.25, 0.3) is 5.56 Å². The summed E-state index contributed by atoms with van der Waals surface area (Å²) in [5.74, 6) is -1.62. The number of hydrogen-bond donors (Lipinski definition) is 5. The van der Waals surface area contributed by atoms with Gasteiger partial charge in [0.05, 0.1) is 11.7 Å². The van der Waals surface area contributed by atoms with Crippen LogP contribution in [-0.2, 0) is 16.0 Å². The molecule has 0 fully saturated rings. The van der Waals surface area contributed by atoms with E-state index in [-0.39, 0.29) is 18.5 Å². The van der Waals surface area contributed by atoms with E-state index < -0.39 is 23.5 Å². The minimum atomic E-state index is -1.03. The van der Waals surface area contributed by atoms with E-state index in [1.54, 1.807) is 0 Å². The monoisotopic (exact) mass is 332 g/mol. The van der Waals surface area contributed by atoms with Crippen molar-refractivity contribution < 1.29 is 14.7 Å². The van der Waals surface area contributed by atoms with Crippen LogP contribution in [0, 0.1) is 6.92 Å². The van der Waals surface area contributed by atoms with E-state index in [1.165, 1.54) is 0 Å². The molecular weight excluding hydrogens is 312 g/mol. The Morgan fingerprint density at radius 1 is 1.29 bits per heavy atom. The highest BCUT2D eigenvalue weighted by atomic mass is 16.4. The predicted molar refractivity (Wildman–Crippen MR) is 88.9 cm³/mol. The van der Waals surface area contributed by atoms with Crippen LogP contribution in [0.5, 0.6) is 0 Å². The lowest BCUT2D eigenvalue weighted by molar-refractivity contribution is -0.137. The first kappa shape index (κ1) is 17.5. The van der Waals surface area contributed by atoms with Crippen LogP contribution in [0.25, 0.3) is 0 Å². The number of carbonyl (C=O) groups is 2. The van der Waals surface area contributed by atoms with Crippen LogP contribution >= 0.6 is 0 Å². The van der Waals surface area contributed by atoms with Crippen molar-refractivity contribution in [2.75, 3.05) is 5.32 Å². The minimum absolute atomic E-state index is 0.00335. The highest BCUT2D eigenvalue weighted by Crippen LogP contribution is 2.16. The zero-order valence-corrected chi connectivity index (χ0v) is 13.3. The number of carboxylic acid groups (broad SMARTS) is 1. The number of carboxylic acids is 1. The topological polar surface area (TPSA) is 141 Å². The molecule has 0 aliphatic heterocycles. The molecule has 8 heteroatoms. The Morgan fingerprint density at radius 2 is 2.00 bits per heavy atom. The number of amides is 1. The molecule has 128 valence electrons. The standard InChI is InChI=1S/C16H20N4O4/c1-9-4-2-3-5-10(9)8-12-14(16(24)20-19-12)18-15(23)11(17)6-7-13(21)22/h2-5,11H,6-8,17H2,1H3,(H,18,23)(H,21,22)(H2,19,20,24).